The first-order valence-corrected chi connectivity index (χ1v) is 4.89. The molecule has 0 aromatic carbocycles. The fourth-order valence-electron chi connectivity index (χ4n) is 1.23. The van der Waals surface area contributed by atoms with Crippen molar-refractivity contribution in [3.05, 3.63) is 34.6 Å². The molecule has 0 aliphatic heterocycles. The molecule has 5 nitrogen and oxygen atoms in total. The highest BCUT2D eigenvalue weighted by molar-refractivity contribution is 7.71. The minimum atomic E-state index is 0.498. The SMILES string of the molecule is Cc1n[nH]c(=S)n1/N=C/c1cccn1C. The topological polar surface area (TPSA) is 50.9 Å². The number of aryl methyl sites for hydroxylation is 2. The lowest BCUT2D eigenvalue weighted by Crippen LogP contribution is -1.97. The molecule has 2 rings (SSSR count). The third-order valence-corrected chi connectivity index (χ3v) is 2.37. The zero-order valence-corrected chi connectivity index (χ0v) is 9.32. The second-order valence-electron chi connectivity index (χ2n) is 3.18. The predicted octanol–water partition coefficient (Wildman–Crippen LogP) is 1.47. The van der Waals surface area contributed by atoms with Gasteiger partial charge in [-0.05, 0) is 31.3 Å². The Labute approximate surface area is 92.1 Å². The molecular weight excluding hydrogens is 210 g/mol. The van der Waals surface area contributed by atoms with Gasteiger partial charge in [0.15, 0.2) is 0 Å². The molecule has 0 radical (unpaired) electrons. The zero-order chi connectivity index (χ0) is 10.8. The van der Waals surface area contributed by atoms with E-state index in [4.69, 9.17) is 12.2 Å². The summed E-state index contributed by atoms with van der Waals surface area (Å²) in [5.74, 6) is 0.741. The molecule has 0 amide bonds. The summed E-state index contributed by atoms with van der Waals surface area (Å²) in [7, 11) is 1.96. The molecule has 2 aromatic rings. The van der Waals surface area contributed by atoms with Crippen LogP contribution in [0.4, 0.5) is 0 Å². The first-order chi connectivity index (χ1) is 7.18. The lowest BCUT2D eigenvalue weighted by atomic mass is 10.5. The van der Waals surface area contributed by atoms with Gasteiger partial charge in [-0.2, -0.15) is 14.9 Å². The van der Waals surface area contributed by atoms with Crippen molar-refractivity contribution in [3.8, 4) is 0 Å². The fraction of sp³-hybridized carbons (Fsp3) is 0.222. The number of nitrogens with one attached hydrogen (secondary N) is 1. The number of nitrogens with zero attached hydrogens (tertiary/aromatic N) is 4. The molecule has 2 aromatic heterocycles. The fourth-order valence-corrected chi connectivity index (χ4v) is 1.46. The van der Waals surface area contributed by atoms with Gasteiger partial charge in [-0.15, -0.1) is 0 Å². The normalized spacial score (nSPS) is 11.3. The van der Waals surface area contributed by atoms with Crippen LogP contribution in [-0.4, -0.2) is 25.7 Å². The Bertz CT molecular complexity index is 545. The molecule has 0 spiro atoms. The summed E-state index contributed by atoms with van der Waals surface area (Å²) in [6.07, 6.45) is 3.71. The van der Waals surface area contributed by atoms with Gasteiger partial charge in [0.25, 0.3) is 0 Å². The van der Waals surface area contributed by atoms with Gasteiger partial charge in [-0.3, -0.25) is 5.10 Å². The molecule has 0 saturated carbocycles. The van der Waals surface area contributed by atoms with Crippen molar-refractivity contribution in [2.75, 3.05) is 0 Å². The third kappa shape index (κ3) is 1.89. The number of hydrogen-bond donors (Lipinski definition) is 1. The average molecular weight is 221 g/mol. The summed E-state index contributed by atoms with van der Waals surface area (Å²) < 4.78 is 4.06. The minimum absolute atomic E-state index is 0.498. The van der Waals surface area contributed by atoms with Gasteiger partial charge in [0.05, 0.1) is 11.9 Å². The molecule has 6 heteroatoms. The number of aromatic amines is 1. The van der Waals surface area contributed by atoms with Gasteiger partial charge in [-0.1, -0.05) is 0 Å². The molecule has 15 heavy (non-hydrogen) atoms. The van der Waals surface area contributed by atoms with Crippen molar-refractivity contribution >= 4 is 18.4 Å². The summed E-state index contributed by atoms with van der Waals surface area (Å²) in [6, 6.07) is 3.94. The molecule has 0 aliphatic rings. The number of H-pyrrole nitrogens is 1. The quantitative estimate of drug-likeness (QED) is 0.616. The van der Waals surface area contributed by atoms with Gasteiger partial charge in [0.1, 0.15) is 5.82 Å². The van der Waals surface area contributed by atoms with E-state index in [0.717, 1.165) is 11.5 Å². The van der Waals surface area contributed by atoms with Gasteiger partial charge >= 0.3 is 0 Å². The number of rotatable bonds is 2. The van der Waals surface area contributed by atoms with E-state index >= 15 is 0 Å². The Kier molecular flexibility index (Phi) is 2.51. The first kappa shape index (κ1) is 9.85. The number of hydrogen-bond acceptors (Lipinski definition) is 3. The second kappa shape index (κ2) is 3.82. The van der Waals surface area contributed by atoms with Gasteiger partial charge in [0, 0.05) is 13.2 Å². The molecule has 0 aliphatic carbocycles. The van der Waals surface area contributed by atoms with Crippen LogP contribution in [0.25, 0.3) is 0 Å². The van der Waals surface area contributed by atoms with Gasteiger partial charge in [-0.25, -0.2) is 0 Å². The highest BCUT2D eigenvalue weighted by Crippen LogP contribution is 1.98. The maximum atomic E-state index is 5.02. The Hall–Kier alpha value is -1.69. The molecule has 0 bridgehead atoms. The predicted molar refractivity (Wildman–Crippen MR) is 60.6 cm³/mol. The van der Waals surface area contributed by atoms with Crippen LogP contribution in [0.15, 0.2) is 23.4 Å². The molecular formula is C9H11N5S. The van der Waals surface area contributed by atoms with Crippen molar-refractivity contribution in [1.82, 2.24) is 19.4 Å². The maximum Gasteiger partial charge on any atom is 0.216 e. The molecule has 78 valence electrons. The summed E-state index contributed by atoms with van der Waals surface area (Å²) >= 11 is 5.02. The molecule has 0 saturated heterocycles. The van der Waals surface area contributed by atoms with E-state index in [-0.39, 0.29) is 0 Å². The smallest absolute Gasteiger partial charge is 0.216 e. The second-order valence-corrected chi connectivity index (χ2v) is 3.56. The van der Waals surface area contributed by atoms with Crippen LogP contribution in [0.5, 0.6) is 0 Å². The van der Waals surface area contributed by atoms with E-state index in [1.165, 1.54) is 0 Å². The lowest BCUT2D eigenvalue weighted by molar-refractivity contribution is 0.816. The maximum absolute atomic E-state index is 5.02. The highest BCUT2D eigenvalue weighted by atomic mass is 32.1. The van der Waals surface area contributed by atoms with Crippen molar-refractivity contribution in [3.63, 3.8) is 0 Å². The van der Waals surface area contributed by atoms with Crippen LogP contribution >= 0.6 is 12.2 Å². The molecule has 0 atom stereocenters. The monoisotopic (exact) mass is 221 g/mol. The van der Waals surface area contributed by atoms with E-state index < -0.39 is 0 Å². The summed E-state index contributed by atoms with van der Waals surface area (Å²) in [6.45, 7) is 1.84. The first-order valence-electron chi connectivity index (χ1n) is 4.48. The Balaban J connectivity index is 2.34. The van der Waals surface area contributed by atoms with Gasteiger partial charge in [0.2, 0.25) is 4.77 Å². The largest absolute Gasteiger partial charge is 0.350 e. The summed E-state index contributed by atoms with van der Waals surface area (Å²) in [4.78, 5) is 0. The van der Waals surface area contributed by atoms with E-state index in [2.05, 4.69) is 15.3 Å². The van der Waals surface area contributed by atoms with Crippen LogP contribution in [0.3, 0.4) is 0 Å². The van der Waals surface area contributed by atoms with Crippen LogP contribution in [-0.2, 0) is 7.05 Å². The standard InChI is InChI=1S/C9H11N5S/c1-7-11-12-9(15)14(7)10-6-8-4-3-5-13(8)2/h3-6H,1-2H3,(H,12,15)/b10-6+. The molecule has 2 heterocycles. The minimum Gasteiger partial charge on any atom is -0.350 e. The van der Waals surface area contributed by atoms with Crippen LogP contribution < -0.4 is 0 Å². The van der Waals surface area contributed by atoms with Crippen molar-refractivity contribution < 1.29 is 0 Å². The Morgan fingerprint density at radius 2 is 2.40 bits per heavy atom. The average Bonchev–Trinajstić information content (AvgIpc) is 2.73. The van der Waals surface area contributed by atoms with E-state index in [0.29, 0.717) is 4.77 Å². The summed E-state index contributed by atoms with van der Waals surface area (Å²) in [5, 5.41) is 10.9. The van der Waals surface area contributed by atoms with Crippen molar-refractivity contribution in [1.29, 1.82) is 0 Å². The Morgan fingerprint density at radius 3 is 2.93 bits per heavy atom. The zero-order valence-electron chi connectivity index (χ0n) is 8.51. The molecule has 0 fully saturated rings. The number of aromatic nitrogens is 4. The van der Waals surface area contributed by atoms with Crippen LogP contribution in [0.2, 0.25) is 0 Å². The molecule has 1 N–H and O–H groups in total. The Morgan fingerprint density at radius 1 is 1.60 bits per heavy atom. The van der Waals surface area contributed by atoms with E-state index in [1.807, 2.05) is 36.9 Å². The van der Waals surface area contributed by atoms with Crippen molar-refractivity contribution in [2.24, 2.45) is 12.1 Å². The highest BCUT2D eigenvalue weighted by Gasteiger charge is 1.97. The van der Waals surface area contributed by atoms with E-state index in [9.17, 15) is 0 Å². The summed E-state index contributed by atoms with van der Waals surface area (Å²) in [5.41, 5.74) is 1.01. The van der Waals surface area contributed by atoms with E-state index in [1.54, 1.807) is 10.9 Å². The van der Waals surface area contributed by atoms with Crippen LogP contribution in [0, 0.1) is 11.7 Å². The lowest BCUT2D eigenvalue weighted by Gasteiger charge is -1.96. The van der Waals surface area contributed by atoms with Crippen molar-refractivity contribution in [2.45, 2.75) is 6.92 Å². The van der Waals surface area contributed by atoms with Gasteiger partial charge < -0.3 is 4.57 Å². The third-order valence-electron chi connectivity index (χ3n) is 2.10. The molecule has 0 unspecified atom stereocenters. The van der Waals surface area contributed by atoms with Crippen LogP contribution in [0.1, 0.15) is 11.5 Å².